The molecule has 0 aromatic rings. The highest BCUT2D eigenvalue weighted by Gasteiger charge is 2.47. The van der Waals surface area contributed by atoms with Gasteiger partial charge in [0.1, 0.15) is 0 Å². The molecule has 1 aliphatic rings. The van der Waals surface area contributed by atoms with E-state index in [4.69, 9.17) is 11.3 Å². The highest BCUT2D eigenvalue weighted by molar-refractivity contribution is 5.83. The lowest BCUT2D eigenvalue weighted by Gasteiger charge is -2.23. The van der Waals surface area contributed by atoms with Crippen molar-refractivity contribution in [3.8, 4) is 0 Å². The van der Waals surface area contributed by atoms with Gasteiger partial charge >= 0.3 is 11.5 Å². The number of hydrogen-bond acceptors (Lipinski definition) is 2. The van der Waals surface area contributed by atoms with Gasteiger partial charge in [0.05, 0.1) is 6.61 Å². The summed E-state index contributed by atoms with van der Waals surface area (Å²) in [5.41, 5.74) is -0.839. The predicted molar refractivity (Wildman–Crippen MR) is 49.1 cm³/mol. The fourth-order valence-corrected chi connectivity index (χ4v) is 1.76. The van der Waals surface area contributed by atoms with Crippen molar-refractivity contribution < 1.29 is 9.53 Å². The first-order valence-electron chi connectivity index (χ1n) is 4.81. The van der Waals surface area contributed by atoms with Crippen molar-refractivity contribution in [1.82, 2.24) is 0 Å². The third-order valence-electron chi connectivity index (χ3n) is 2.55. The van der Waals surface area contributed by atoms with Gasteiger partial charge in [-0.2, -0.15) is 0 Å². The summed E-state index contributed by atoms with van der Waals surface area (Å²) in [6.07, 6.45) is 4.43. The Morgan fingerprint density at radius 3 is 2.54 bits per heavy atom. The summed E-state index contributed by atoms with van der Waals surface area (Å²) in [7, 11) is 0. The Bertz CT molecular complexity index is 224. The van der Waals surface area contributed by atoms with Crippen LogP contribution in [0.3, 0.4) is 0 Å². The summed E-state index contributed by atoms with van der Waals surface area (Å²) in [6, 6.07) is 0. The molecule has 3 heteroatoms. The lowest BCUT2D eigenvalue weighted by atomic mass is 9.82. The molecule has 0 saturated heterocycles. The molecule has 0 aromatic heterocycles. The maximum Gasteiger partial charge on any atom is 0.393 e. The lowest BCUT2D eigenvalue weighted by Crippen LogP contribution is -2.38. The molecule has 1 fully saturated rings. The second kappa shape index (κ2) is 4.27. The summed E-state index contributed by atoms with van der Waals surface area (Å²) in [4.78, 5) is 15.0. The molecule has 0 spiro atoms. The molecule has 0 heterocycles. The Morgan fingerprint density at radius 2 is 2.08 bits per heavy atom. The summed E-state index contributed by atoms with van der Waals surface area (Å²) < 4.78 is 4.92. The first-order valence-corrected chi connectivity index (χ1v) is 4.81. The monoisotopic (exact) mass is 181 g/mol. The average Bonchev–Trinajstić information content (AvgIpc) is 2.19. The molecule has 0 radical (unpaired) electrons. The quantitative estimate of drug-likeness (QED) is 0.483. The van der Waals surface area contributed by atoms with E-state index in [9.17, 15) is 4.79 Å². The second-order valence-corrected chi connectivity index (χ2v) is 3.42. The number of carbonyl (C=O) groups is 1. The summed E-state index contributed by atoms with van der Waals surface area (Å²) in [5.74, 6) is -0.315. The molecule has 0 amide bonds. The summed E-state index contributed by atoms with van der Waals surface area (Å²) in [6.45, 7) is 9.23. The van der Waals surface area contributed by atoms with Crippen LogP contribution >= 0.6 is 0 Å². The Labute approximate surface area is 78.9 Å². The number of rotatable bonds is 2. The number of nitrogens with zero attached hydrogens (tertiary/aromatic N) is 1. The zero-order valence-corrected chi connectivity index (χ0v) is 8.01. The van der Waals surface area contributed by atoms with E-state index in [1.165, 1.54) is 0 Å². The van der Waals surface area contributed by atoms with Crippen molar-refractivity contribution >= 4 is 5.97 Å². The van der Waals surface area contributed by atoms with Crippen molar-refractivity contribution in [2.45, 2.75) is 44.6 Å². The van der Waals surface area contributed by atoms with Gasteiger partial charge in [0.25, 0.3) is 0 Å². The minimum absolute atomic E-state index is 0.315. The van der Waals surface area contributed by atoms with Crippen LogP contribution in [-0.2, 0) is 9.53 Å². The molecule has 0 atom stereocenters. The molecule has 1 aliphatic carbocycles. The SMILES string of the molecule is [C-]#[N+]C1(C(=O)OCC)CCCCC1. The fraction of sp³-hybridized carbons (Fsp3) is 0.800. The zero-order valence-electron chi connectivity index (χ0n) is 8.01. The topological polar surface area (TPSA) is 30.7 Å². The van der Waals surface area contributed by atoms with Crippen LogP contribution in [0.5, 0.6) is 0 Å². The molecule has 1 saturated carbocycles. The Morgan fingerprint density at radius 1 is 1.46 bits per heavy atom. The van der Waals surface area contributed by atoms with Gasteiger partial charge in [-0.25, -0.2) is 11.4 Å². The molecule has 0 bridgehead atoms. The maximum absolute atomic E-state index is 11.5. The third-order valence-corrected chi connectivity index (χ3v) is 2.55. The Kier molecular flexibility index (Phi) is 3.30. The van der Waals surface area contributed by atoms with Crippen LogP contribution in [0, 0.1) is 6.57 Å². The normalized spacial score (nSPS) is 20.3. The van der Waals surface area contributed by atoms with Gasteiger partial charge in [0.2, 0.25) is 0 Å². The van der Waals surface area contributed by atoms with E-state index < -0.39 is 5.54 Å². The number of esters is 1. The highest BCUT2D eigenvalue weighted by Crippen LogP contribution is 2.32. The predicted octanol–water partition coefficient (Wildman–Crippen LogP) is 2.17. The fourth-order valence-electron chi connectivity index (χ4n) is 1.76. The standard InChI is InChI=1S/C10H15NO2/c1-3-13-9(12)10(11-2)7-5-4-6-8-10/h3-8H2,1H3. The minimum atomic E-state index is -0.839. The molecule has 13 heavy (non-hydrogen) atoms. The summed E-state index contributed by atoms with van der Waals surface area (Å²) in [5, 5.41) is 0. The highest BCUT2D eigenvalue weighted by atomic mass is 16.5. The first kappa shape index (κ1) is 10.0. The van der Waals surface area contributed by atoms with Gasteiger partial charge in [-0.05, 0) is 19.8 Å². The van der Waals surface area contributed by atoms with E-state index in [-0.39, 0.29) is 5.97 Å². The summed E-state index contributed by atoms with van der Waals surface area (Å²) >= 11 is 0. The molecule has 0 aliphatic heterocycles. The van der Waals surface area contributed by atoms with Crippen LogP contribution < -0.4 is 0 Å². The maximum atomic E-state index is 11.5. The molecule has 72 valence electrons. The Balaban J connectivity index is 2.68. The largest absolute Gasteiger partial charge is 0.460 e. The van der Waals surface area contributed by atoms with Gasteiger partial charge in [-0.3, -0.25) is 4.85 Å². The number of carbonyl (C=O) groups excluding carboxylic acids is 1. The van der Waals surface area contributed by atoms with Crippen molar-refractivity contribution in [3.05, 3.63) is 11.4 Å². The van der Waals surface area contributed by atoms with E-state index in [1.54, 1.807) is 6.92 Å². The van der Waals surface area contributed by atoms with Crippen LogP contribution in [0.4, 0.5) is 0 Å². The van der Waals surface area contributed by atoms with E-state index >= 15 is 0 Å². The van der Waals surface area contributed by atoms with E-state index in [1.807, 2.05) is 0 Å². The van der Waals surface area contributed by atoms with Gasteiger partial charge < -0.3 is 4.74 Å². The van der Waals surface area contributed by atoms with E-state index in [0.717, 1.165) is 19.3 Å². The zero-order chi connectivity index (χ0) is 9.73. The van der Waals surface area contributed by atoms with Crippen LogP contribution in [0.1, 0.15) is 39.0 Å². The van der Waals surface area contributed by atoms with Crippen LogP contribution in [0.25, 0.3) is 4.85 Å². The number of hydrogen-bond donors (Lipinski definition) is 0. The molecular weight excluding hydrogens is 166 g/mol. The van der Waals surface area contributed by atoms with Crippen molar-refractivity contribution in [2.75, 3.05) is 6.61 Å². The van der Waals surface area contributed by atoms with E-state index in [2.05, 4.69) is 4.85 Å². The third kappa shape index (κ3) is 2.00. The lowest BCUT2D eigenvalue weighted by molar-refractivity contribution is -0.149. The first-order chi connectivity index (χ1) is 6.25. The van der Waals surface area contributed by atoms with Gasteiger partial charge in [-0.15, -0.1) is 0 Å². The van der Waals surface area contributed by atoms with Crippen LogP contribution in [0.2, 0.25) is 0 Å². The minimum Gasteiger partial charge on any atom is -0.460 e. The second-order valence-electron chi connectivity index (χ2n) is 3.42. The molecule has 0 unspecified atom stereocenters. The van der Waals surface area contributed by atoms with Crippen molar-refractivity contribution in [3.63, 3.8) is 0 Å². The van der Waals surface area contributed by atoms with Gasteiger partial charge in [0.15, 0.2) is 0 Å². The average molecular weight is 181 g/mol. The Hall–Kier alpha value is -1.04. The van der Waals surface area contributed by atoms with Gasteiger partial charge in [0, 0.05) is 12.8 Å². The molecule has 1 rings (SSSR count). The van der Waals surface area contributed by atoms with Crippen molar-refractivity contribution in [1.29, 1.82) is 0 Å². The van der Waals surface area contributed by atoms with E-state index in [0.29, 0.717) is 19.4 Å². The van der Waals surface area contributed by atoms with Gasteiger partial charge in [-0.1, -0.05) is 6.42 Å². The molecule has 0 aromatic carbocycles. The van der Waals surface area contributed by atoms with Crippen LogP contribution in [-0.4, -0.2) is 18.1 Å². The number of ether oxygens (including phenoxy) is 1. The van der Waals surface area contributed by atoms with Crippen LogP contribution in [0.15, 0.2) is 0 Å². The smallest absolute Gasteiger partial charge is 0.393 e. The molecule has 0 N–H and O–H groups in total. The molecule has 3 nitrogen and oxygen atoms in total. The molecular formula is C10H15NO2. The van der Waals surface area contributed by atoms with Crippen molar-refractivity contribution in [2.24, 2.45) is 0 Å².